The first-order chi connectivity index (χ1) is 8.11. The van der Waals surface area contributed by atoms with Crippen LogP contribution in [0.4, 0.5) is 8.78 Å². The molecule has 0 amide bonds. The van der Waals surface area contributed by atoms with Gasteiger partial charge < -0.3 is 4.57 Å². The first-order valence-corrected chi connectivity index (χ1v) is 5.62. The number of hydrogen-bond donors (Lipinski definition) is 0. The Morgan fingerprint density at radius 1 is 1.29 bits per heavy atom. The quantitative estimate of drug-likeness (QED) is 0.765. The topological polar surface area (TPSA) is 17.8 Å². The van der Waals surface area contributed by atoms with Crippen LogP contribution in [0.3, 0.4) is 0 Å². The Hall–Kier alpha value is -1.42. The van der Waals surface area contributed by atoms with Gasteiger partial charge in [-0.25, -0.2) is 13.8 Å². The lowest BCUT2D eigenvalue weighted by Crippen LogP contribution is -1.91. The van der Waals surface area contributed by atoms with Gasteiger partial charge in [-0.15, -0.1) is 11.6 Å². The molecule has 0 saturated heterocycles. The average molecular weight is 257 g/mol. The minimum Gasteiger partial charge on any atom is -0.334 e. The van der Waals surface area contributed by atoms with Crippen molar-refractivity contribution in [3.63, 3.8) is 0 Å². The SMILES string of the molecule is Cn1cc(C(F)F)nc1-c1ccc(CCl)cc1. The maximum Gasteiger partial charge on any atom is 0.281 e. The third-order valence-corrected chi connectivity index (χ3v) is 2.79. The van der Waals surface area contributed by atoms with Gasteiger partial charge in [0.2, 0.25) is 0 Å². The minimum atomic E-state index is -2.54. The van der Waals surface area contributed by atoms with Crippen LogP contribution in [0, 0.1) is 0 Å². The predicted octanol–water partition coefficient (Wildman–Crippen LogP) is 3.76. The van der Waals surface area contributed by atoms with Crippen molar-refractivity contribution in [3.05, 3.63) is 41.7 Å². The highest BCUT2D eigenvalue weighted by Gasteiger charge is 2.14. The second kappa shape index (κ2) is 4.84. The molecular weight excluding hydrogens is 246 g/mol. The summed E-state index contributed by atoms with van der Waals surface area (Å²) in [4.78, 5) is 3.92. The smallest absolute Gasteiger partial charge is 0.281 e. The summed E-state index contributed by atoms with van der Waals surface area (Å²) < 4.78 is 26.6. The van der Waals surface area contributed by atoms with E-state index in [1.807, 2.05) is 24.3 Å². The number of imidazole rings is 1. The second-order valence-electron chi connectivity index (χ2n) is 3.73. The van der Waals surface area contributed by atoms with E-state index in [9.17, 15) is 8.78 Å². The maximum atomic E-state index is 12.5. The van der Waals surface area contributed by atoms with Gasteiger partial charge in [0, 0.05) is 24.7 Å². The molecule has 1 aromatic carbocycles. The molecule has 5 heteroatoms. The van der Waals surface area contributed by atoms with Crippen molar-refractivity contribution >= 4 is 11.6 Å². The van der Waals surface area contributed by atoms with Crippen molar-refractivity contribution in [3.8, 4) is 11.4 Å². The molecule has 0 aliphatic heterocycles. The van der Waals surface area contributed by atoms with Crippen molar-refractivity contribution in [2.45, 2.75) is 12.3 Å². The fraction of sp³-hybridized carbons (Fsp3) is 0.250. The third kappa shape index (κ3) is 2.47. The van der Waals surface area contributed by atoms with E-state index >= 15 is 0 Å². The molecule has 17 heavy (non-hydrogen) atoms. The van der Waals surface area contributed by atoms with Crippen LogP contribution < -0.4 is 0 Å². The van der Waals surface area contributed by atoms with Gasteiger partial charge in [-0.3, -0.25) is 0 Å². The van der Waals surface area contributed by atoms with Crippen molar-refractivity contribution in [2.24, 2.45) is 7.05 Å². The van der Waals surface area contributed by atoms with E-state index < -0.39 is 6.43 Å². The zero-order valence-corrected chi connectivity index (χ0v) is 9.96. The van der Waals surface area contributed by atoms with Crippen LogP contribution in [0.15, 0.2) is 30.5 Å². The number of aromatic nitrogens is 2. The zero-order chi connectivity index (χ0) is 12.4. The Morgan fingerprint density at radius 3 is 2.41 bits per heavy atom. The van der Waals surface area contributed by atoms with Gasteiger partial charge in [0.15, 0.2) is 0 Å². The number of alkyl halides is 3. The lowest BCUT2D eigenvalue weighted by Gasteiger charge is -2.02. The number of rotatable bonds is 3. The van der Waals surface area contributed by atoms with E-state index in [0.29, 0.717) is 11.7 Å². The Bertz CT molecular complexity index is 506. The fourth-order valence-electron chi connectivity index (χ4n) is 1.61. The largest absolute Gasteiger partial charge is 0.334 e. The number of aryl methyl sites for hydroxylation is 1. The normalized spacial score (nSPS) is 11.1. The molecule has 0 spiro atoms. The highest BCUT2D eigenvalue weighted by molar-refractivity contribution is 6.17. The lowest BCUT2D eigenvalue weighted by molar-refractivity contribution is 0.146. The van der Waals surface area contributed by atoms with Crippen LogP contribution in [0.25, 0.3) is 11.4 Å². The Balaban J connectivity index is 2.38. The van der Waals surface area contributed by atoms with Crippen LogP contribution >= 0.6 is 11.6 Å². The van der Waals surface area contributed by atoms with Crippen LogP contribution in [0.5, 0.6) is 0 Å². The molecule has 0 aliphatic rings. The van der Waals surface area contributed by atoms with E-state index in [1.165, 1.54) is 6.20 Å². The summed E-state index contributed by atoms with van der Waals surface area (Å²) in [6.45, 7) is 0. The Morgan fingerprint density at radius 2 is 1.94 bits per heavy atom. The molecule has 0 saturated carbocycles. The summed E-state index contributed by atoms with van der Waals surface area (Å²) in [7, 11) is 1.70. The number of benzene rings is 1. The van der Waals surface area contributed by atoms with Gasteiger partial charge in [-0.05, 0) is 5.56 Å². The summed E-state index contributed by atoms with van der Waals surface area (Å²) in [5.74, 6) is 0.963. The minimum absolute atomic E-state index is 0.205. The number of nitrogens with zero attached hydrogens (tertiary/aromatic N) is 2. The molecular formula is C12H11ClF2N2. The number of hydrogen-bond acceptors (Lipinski definition) is 1. The summed E-state index contributed by atoms with van der Waals surface area (Å²) in [6.07, 6.45) is -1.20. The van der Waals surface area contributed by atoms with E-state index in [1.54, 1.807) is 11.6 Å². The average Bonchev–Trinajstić information content (AvgIpc) is 2.72. The Kier molecular flexibility index (Phi) is 3.43. The van der Waals surface area contributed by atoms with E-state index in [-0.39, 0.29) is 5.69 Å². The van der Waals surface area contributed by atoms with Gasteiger partial charge in [0.1, 0.15) is 11.5 Å². The molecule has 2 rings (SSSR count). The van der Waals surface area contributed by atoms with Crippen molar-refractivity contribution in [1.29, 1.82) is 0 Å². The monoisotopic (exact) mass is 256 g/mol. The molecule has 2 aromatic rings. The molecule has 0 bridgehead atoms. The zero-order valence-electron chi connectivity index (χ0n) is 9.20. The molecule has 0 unspecified atom stereocenters. The predicted molar refractivity (Wildman–Crippen MR) is 63.2 cm³/mol. The van der Waals surface area contributed by atoms with Crippen molar-refractivity contribution in [1.82, 2.24) is 9.55 Å². The molecule has 0 atom stereocenters. The molecule has 2 nitrogen and oxygen atoms in total. The van der Waals surface area contributed by atoms with Gasteiger partial charge in [0.05, 0.1) is 0 Å². The standard InChI is InChI=1S/C12H11ClF2N2/c1-17-7-10(11(14)15)16-12(17)9-4-2-8(6-13)3-5-9/h2-5,7,11H,6H2,1H3. The van der Waals surface area contributed by atoms with Crippen LogP contribution in [0.1, 0.15) is 17.7 Å². The lowest BCUT2D eigenvalue weighted by atomic mass is 10.1. The van der Waals surface area contributed by atoms with Gasteiger partial charge >= 0.3 is 0 Å². The van der Waals surface area contributed by atoms with Gasteiger partial charge in [0.25, 0.3) is 6.43 Å². The first kappa shape index (κ1) is 12.0. The van der Waals surface area contributed by atoms with E-state index in [4.69, 9.17) is 11.6 Å². The molecule has 0 aliphatic carbocycles. The van der Waals surface area contributed by atoms with Crippen LogP contribution in [-0.4, -0.2) is 9.55 Å². The van der Waals surface area contributed by atoms with Gasteiger partial charge in [-0.2, -0.15) is 0 Å². The molecule has 0 radical (unpaired) electrons. The van der Waals surface area contributed by atoms with E-state index in [0.717, 1.165) is 11.1 Å². The van der Waals surface area contributed by atoms with Crippen molar-refractivity contribution < 1.29 is 8.78 Å². The van der Waals surface area contributed by atoms with Crippen LogP contribution in [-0.2, 0) is 12.9 Å². The summed E-state index contributed by atoms with van der Waals surface area (Å²) in [5.41, 5.74) is 1.58. The highest BCUT2D eigenvalue weighted by Crippen LogP contribution is 2.23. The fourth-order valence-corrected chi connectivity index (χ4v) is 1.78. The maximum absolute atomic E-state index is 12.5. The first-order valence-electron chi connectivity index (χ1n) is 5.08. The molecule has 1 heterocycles. The third-order valence-electron chi connectivity index (χ3n) is 2.49. The Labute approximate surface area is 103 Å². The molecule has 90 valence electrons. The molecule has 1 aromatic heterocycles. The van der Waals surface area contributed by atoms with E-state index in [2.05, 4.69) is 4.98 Å². The van der Waals surface area contributed by atoms with Gasteiger partial charge in [-0.1, -0.05) is 24.3 Å². The van der Waals surface area contributed by atoms with Crippen molar-refractivity contribution in [2.75, 3.05) is 0 Å². The molecule has 0 fully saturated rings. The second-order valence-corrected chi connectivity index (χ2v) is 4.00. The highest BCUT2D eigenvalue weighted by atomic mass is 35.5. The summed E-state index contributed by atoms with van der Waals surface area (Å²) >= 11 is 5.68. The number of halogens is 3. The summed E-state index contributed by atoms with van der Waals surface area (Å²) in [6, 6.07) is 7.38. The molecule has 0 N–H and O–H groups in total. The summed E-state index contributed by atoms with van der Waals surface area (Å²) in [5, 5.41) is 0. The van der Waals surface area contributed by atoms with Crippen LogP contribution in [0.2, 0.25) is 0 Å².